The van der Waals surface area contributed by atoms with Gasteiger partial charge in [0.05, 0.1) is 19.0 Å². The van der Waals surface area contributed by atoms with Gasteiger partial charge in [0, 0.05) is 43.9 Å². The van der Waals surface area contributed by atoms with Crippen LogP contribution in [-0.4, -0.2) is 49.1 Å². The number of amides is 1. The Hall–Kier alpha value is -2.44. The summed E-state index contributed by atoms with van der Waals surface area (Å²) < 4.78 is 5.03. The van der Waals surface area contributed by atoms with Crippen LogP contribution in [-0.2, 0) is 6.42 Å². The molecule has 1 fully saturated rings. The van der Waals surface area contributed by atoms with Gasteiger partial charge in [0.25, 0.3) is 5.91 Å². The number of aromatic nitrogens is 1. The van der Waals surface area contributed by atoms with Crippen molar-refractivity contribution in [2.24, 2.45) is 0 Å². The van der Waals surface area contributed by atoms with Crippen molar-refractivity contribution in [2.45, 2.75) is 12.5 Å². The SMILES string of the molecule is COc1ccc(NC(=O)c2ccc3c(c2)CCN2CCNC[C@@H]32)cn1. The lowest BCUT2D eigenvalue weighted by molar-refractivity contribution is 0.102. The van der Waals surface area contributed by atoms with Crippen molar-refractivity contribution in [3.63, 3.8) is 0 Å². The van der Waals surface area contributed by atoms with Gasteiger partial charge in [-0.1, -0.05) is 6.07 Å². The van der Waals surface area contributed by atoms with Crippen LogP contribution in [0.4, 0.5) is 5.69 Å². The van der Waals surface area contributed by atoms with Gasteiger partial charge in [0.2, 0.25) is 5.88 Å². The predicted octanol–water partition coefficient (Wildman–Crippen LogP) is 1.84. The molecule has 0 radical (unpaired) electrons. The molecule has 6 heteroatoms. The molecule has 2 aromatic rings. The van der Waals surface area contributed by atoms with Crippen LogP contribution in [0.25, 0.3) is 0 Å². The minimum Gasteiger partial charge on any atom is -0.481 e. The first-order chi connectivity index (χ1) is 12.2. The van der Waals surface area contributed by atoms with Crippen LogP contribution in [0.15, 0.2) is 36.5 Å². The van der Waals surface area contributed by atoms with E-state index in [1.165, 1.54) is 11.1 Å². The summed E-state index contributed by atoms with van der Waals surface area (Å²) in [7, 11) is 1.57. The van der Waals surface area contributed by atoms with Crippen molar-refractivity contribution < 1.29 is 9.53 Å². The molecule has 1 aromatic carbocycles. The van der Waals surface area contributed by atoms with E-state index in [1.54, 1.807) is 25.4 Å². The molecule has 0 unspecified atom stereocenters. The number of carbonyl (C=O) groups excluding carboxylic acids is 1. The minimum absolute atomic E-state index is 0.112. The molecule has 1 amide bonds. The summed E-state index contributed by atoms with van der Waals surface area (Å²) in [6.07, 6.45) is 2.59. The van der Waals surface area contributed by atoms with Crippen LogP contribution in [0.5, 0.6) is 5.88 Å². The molecule has 0 aliphatic carbocycles. The van der Waals surface area contributed by atoms with E-state index in [2.05, 4.69) is 26.6 Å². The fraction of sp³-hybridized carbons (Fsp3) is 0.368. The van der Waals surface area contributed by atoms with E-state index in [9.17, 15) is 4.79 Å². The summed E-state index contributed by atoms with van der Waals surface area (Å²) in [6.45, 7) is 4.20. The number of fused-ring (bicyclic) bond motifs is 3. The molecule has 2 aliphatic heterocycles. The van der Waals surface area contributed by atoms with E-state index >= 15 is 0 Å². The normalized spacial score (nSPS) is 19.6. The molecule has 6 nitrogen and oxygen atoms in total. The average molecular weight is 338 g/mol. The standard InChI is InChI=1S/C19H22N4O2/c1-25-18-5-3-15(11-21-18)22-19(24)14-2-4-16-13(10-14)6-8-23-9-7-20-12-17(16)23/h2-5,10-11,17,20H,6-9,12H2,1H3,(H,22,24)/t17-/m0/s1. The third kappa shape index (κ3) is 3.23. The van der Waals surface area contributed by atoms with Gasteiger partial charge in [-0.2, -0.15) is 0 Å². The summed E-state index contributed by atoms with van der Waals surface area (Å²) >= 11 is 0. The topological polar surface area (TPSA) is 66.5 Å². The average Bonchev–Trinajstić information content (AvgIpc) is 2.68. The number of hydrogen-bond donors (Lipinski definition) is 2. The van der Waals surface area contributed by atoms with Gasteiger partial charge < -0.3 is 15.4 Å². The second-order valence-electron chi connectivity index (χ2n) is 6.46. The molecule has 25 heavy (non-hydrogen) atoms. The smallest absolute Gasteiger partial charge is 0.255 e. The number of nitrogens with one attached hydrogen (secondary N) is 2. The van der Waals surface area contributed by atoms with Crippen molar-refractivity contribution in [2.75, 3.05) is 38.6 Å². The number of methoxy groups -OCH3 is 1. The second kappa shape index (κ2) is 6.82. The Bertz CT molecular complexity index is 775. The van der Waals surface area contributed by atoms with Gasteiger partial charge in [-0.25, -0.2) is 4.98 Å². The third-order valence-corrected chi connectivity index (χ3v) is 4.99. The maximum atomic E-state index is 12.5. The van der Waals surface area contributed by atoms with Gasteiger partial charge in [-0.3, -0.25) is 9.69 Å². The summed E-state index contributed by atoms with van der Waals surface area (Å²) in [5.74, 6) is 0.413. The minimum atomic E-state index is -0.112. The second-order valence-corrected chi connectivity index (χ2v) is 6.46. The van der Waals surface area contributed by atoms with Gasteiger partial charge >= 0.3 is 0 Å². The lowest BCUT2D eigenvalue weighted by atomic mass is 9.90. The number of nitrogens with zero attached hydrogens (tertiary/aromatic N) is 2. The van der Waals surface area contributed by atoms with Crippen LogP contribution >= 0.6 is 0 Å². The first-order valence-electron chi connectivity index (χ1n) is 8.63. The van der Waals surface area contributed by atoms with E-state index in [0.29, 0.717) is 23.2 Å². The molecule has 4 rings (SSSR count). The van der Waals surface area contributed by atoms with Crippen LogP contribution in [0.1, 0.15) is 27.5 Å². The molecular weight excluding hydrogens is 316 g/mol. The van der Waals surface area contributed by atoms with Gasteiger partial charge in [0.1, 0.15) is 0 Å². The quantitative estimate of drug-likeness (QED) is 0.894. The number of piperazine rings is 1. The number of rotatable bonds is 3. The maximum absolute atomic E-state index is 12.5. The van der Waals surface area contributed by atoms with Crippen molar-refractivity contribution in [3.05, 3.63) is 53.2 Å². The first kappa shape index (κ1) is 16.1. The number of benzene rings is 1. The fourth-order valence-corrected chi connectivity index (χ4v) is 3.65. The van der Waals surface area contributed by atoms with Crippen molar-refractivity contribution in [1.82, 2.24) is 15.2 Å². The van der Waals surface area contributed by atoms with E-state index < -0.39 is 0 Å². The Labute approximate surface area is 147 Å². The first-order valence-corrected chi connectivity index (χ1v) is 8.63. The molecule has 1 saturated heterocycles. The summed E-state index contributed by atoms with van der Waals surface area (Å²) in [5.41, 5.74) is 3.98. The van der Waals surface area contributed by atoms with Gasteiger partial charge in [0.15, 0.2) is 0 Å². The van der Waals surface area contributed by atoms with E-state index in [0.717, 1.165) is 32.6 Å². The number of hydrogen-bond acceptors (Lipinski definition) is 5. The molecule has 0 saturated carbocycles. The molecule has 2 aliphatic rings. The molecule has 130 valence electrons. The number of anilines is 1. The summed E-state index contributed by atoms with van der Waals surface area (Å²) in [6, 6.07) is 10.0. The number of carbonyl (C=O) groups is 1. The third-order valence-electron chi connectivity index (χ3n) is 4.99. The largest absolute Gasteiger partial charge is 0.481 e. The Morgan fingerprint density at radius 3 is 3.04 bits per heavy atom. The zero-order chi connectivity index (χ0) is 17.2. The molecular formula is C19H22N4O2. The van der Waals surface area contributed by atoms with E-state index in [1.807, 2.05) is 12.1 Å². The molecule has 0 bridgehead atoms. The highest BCUT2D eigenvalue weighted by molar-refractivity contribution is 6.04. The van der Waals surface area contributed by atoms with E-state index in [4.69, 9.17) is 4.74 Å². The zero-order valence-corrected chi connectivity index (χ0v) is 14.3. The van der Waals surface area contributed by atoms with Gasteiger partial charge in [-0.05, 0) is 35.7 Å². The highest BCUT2D eigenvalue weighted by Crippen LogP contribution is 2.31. The maximum Gasteiger partial charge on any atom is 0.255 e. The van der Waals surface area contributed by atoms with Crippen LogP contribution < -0.4 is 15.4 Å². The van der Waals surface area contributed by atoms with Crippen molar-refractivity contribution in [1.29, 1.82) is 0 Å². The molecule has 0 spiro atoms. The summed E-state index contributed by atoms with van der Waals surface area (Å²) in [4.78, 5) is 19.2. The Morgan fingerprint density at radius 2 is 2.24 bits per heavy atom. The molecule has 1 atom stereocenters. The monoisotopic (exact) mass is 338 g/mol. The predicted molar refractivity (Wildman–Crippen MR) is 96.1 cm³/mol. The van der Waals surface area contributed by atoms with Crippen LogP contribution in [0.2, 0.25) is 0 Å². The molecule has 2 N–H and O–H groups in total. The Kier molecular flexibility index (Phi) is 4.38. The van der Waals surface area contributed by atoms with Crippen LogP contribution in [0.3, 0.4) is 0 Å². The molecule has 3 heterocycles. The van der Waals surface area contributed by atoms with Crippen molar-refractivity contribution >= 4 is 11.6 Å². The highest BCUT2D eigenvalue weighted by Gasteiger charge is 2.29. The number of pyridine rings is 1. The Balaban J connectivity index is 1.52. The zero-order valence-electron chi connectivity index (χ0n) is 14.3. The lowest BCUT2D eigenvalue weighted by Crippen LogP contribution is -2.48. The van der Waals surface area contributed by atoms with Crippen LogP contribution in [0, 0.1) is 0 Å². The molecule has 1 aromatic heterocycles. The highest BCUT2D eigenvalue weighted by atomic mass is 16.5. The van der Waals surface area contributed by atoms with Gasteiger partial charge in [-0.15, -0.1) is 0 Å². The van der Waals surface area contributed by atoms with E-state index in [-0.39, 0.29) is 5.91 Å². The van der Waals surface area contributed by atoms with Crippen molar-refractivity contribution in [3.8, 4) is 5.88 Å². The fourth-order valence-electron chi connectivity index (χ4n) is 3.65. The number of ether oxygens (including phenoxy) is 1. The summed E-state index contributed by atoms with van der Waals surface area (Å²) in [5, 5.41) is 6.36. The lowest BCUT2D eigenvalue weighted by Gasteiger charge is -2.41. The Morgan fingerprint density at radius 1 is 1.32 bits per heavy atom.